The molecule has 1 N–H and O–H groups in total. The summed E-state index contributed by atoms with van der Waals surface area (Å²) < 4.78 is 0. The van der Waals surface area contributed by atoms with Gasteiger partial charge in [-0.2, -0.15) is 0 Å². The molecule has 0 saturated carbocycles. The number of benzene rings is 1. The molecule has 0 aromatic heterocycles. The Bertz CT molecular complexity index is 343. The van der Waals surface area contributed by atoms with Crippen molar-refractivity contribution in [3.05, 3.63) is 35.9 Å². The summed E-state index contributed by atoms with van der Waals surface area (Å²) in [5.74, 6) is 0.770. The van der Waals surface area contributed by atoms with Crippen molar-refractivity contribution in [2.45, 2.75) is 31.2 Å². The lowest BCUT2D eigenvalue weighted by Crippen LogP contribution is -2.41. The molecule has 0 aliphatic carbocycles. The fourth-order valence-electron chi connectivity index (χ4n) is 3.29. The fraction of sp³-hybridized carbons (Fsp3) is 0.600. The first kappa shape index (κ1) is 11.2. The topological polar surface area (TPSA) is 15.3 Å². The van der Waals surface area contributed by atoms with Crippen LogP contribution in [0.1, 0.15) is 30.7 Å². The zero-order valence-corrected chi connectivity index (χ0v) is 10.4. The van der Waals surface area contributed by atoms with Crippen molar-refractivity contribution in [1.29, 1.82) is 0 Å². The number of likely N-dealkylation sites (tertiary alicyclic amines) is 1. The summed E-state index contributed by atoms with van der Waals surface area (Å²) in [7, 11) is 0. The van der Waals surface area contributed by atoms with Crippen LogP contribution in [0.4, 0.5) is 0 Å². The Balaban J connectivity index is 1.61. The highest BCUT2D eigenvalue weighted by Crippen LogP contribution is 2.29. The molecule has 1 aromatic carbocycles. The predicted octanol–water partition coefficient (Wildman–Crippen LogP) is 2.23. The normalized spacial score (nSPS) is 27.4. The van der Waals surface area contributed by atoms with Crippen LogP contribution in [0, 0.1) is 0 Å². The quantitative estimate of drug-likeness (QED) is 0.838. The highest BCUT2D eigenvalue weighted by molar-refractivity contribution is 5.21. The van der Waals surface area contributed by atoms with E-state index in [9.17, 15) is 0 Å². The second kappa shape index (κ2) is 5.19. The Kier molecular flexibility index (Phi) is 3.44. The molecule has 0 spiro atoms. The molecular weight excluding hydrogens is 208 g/mol. The molecule has 2 aliphatic rings. The molecule has 2 aliphatic heterocycles. The third-order valence-electron chi connectivity index (χ3n) is 4.32. The van der Waals surface area contributed by atoms with E-state index in [1.165, 1.54) is 51.0 Å². The molecule has 2 fully saturated rings. The average Bonchev–Trinajstić information content (AvgIpc) is 2.90. The van der Waals surface area contributed by atoms with Gasteiger partial charge in [-0.25, -0.2) is 0 Å². The minimum absolute atomic E-state index is 0.770. The Morgan fingerprint density at radius 3 is 2.53 bits per heavy atom. The third-order valence-corrected chi connectivity index (χ3v) is 4.32. The maximum Gasteiger partial charge on any atom is 0.0120 e. The molecule has 2 nitrogen and oxygen atoms in total. The van der Waals surface area contributed by atoms with Crippen molar-refractivity contribution in [1.82, 2.24) is 10.2 Å². The van der Waals surface area contributed by atoms with Crippen LogP contribution in [-0.4, -0.2) is 37.1 Å². The van der Waals surface area contributed by atoms with Crippen LogP contribution in [0.5, 0.6) is 0 Å². The van der Waals surface area contributed by atoms with Gasteiger partial charge in [0.1, 0.15) is 0 Å². The Morgan fingerprint density at radius 1 is 1.00 bits per heavy atom. The van der Waals surface area contributed by atoms with E-state index in [4.69, 9.17) is 0 Å². The monoisotopic (exact) mass is 230 g/mol. The summed E-state index contributed by atoms with van der Waals surface area (Å²) in [5.41, 5.74) is 1.53. The summed E-state index contributed by atoms with van der Waals surface area (Å²) in [6, 6.07) is 11.9. The van der Waals surface area contributed by atoms with Crippen molar-refractivity contribution in [2.24, 2.45) is 0 Å². The SMILES string of the molecule is c1ccc(C2CCN(C3CCNCC3)C2)cc1. The van der Waals surface area contributed by atoms with Crippen LogP contribution >= 0.6 is 0 Å². The van der Waals surface area contributed by atoms with Crippen molar-refractivity contribution < 1.29 is 0 Å². The maximum atomic E-state index is 3.45. The van der Waals surface area contributed by atoms with Crippen LogP contribution in [0.2, 0.25) is 0 Å². The molecule has 2 heterocycles. The first-order chi connectivity index (χ1) is 8.43. The van der Waals surface area contributed by atoms with Gasteiger partial charge < -0.3 is 5.32 Å². The number of piperidine rings is 1. The summed E-state index contributed by atoms with van der Waals surface area (Å²) in [6.07, 6.45) is 4.01. The lowest BCUT2D eigenvalue weighted by atomic mass is 9.98. The molecule has 0 radical (unpaired) electrons. The van der Waals surface area contributed by atoms with Crippen molar-refractivity contribution >= 4 is 0 Å². The summed E-state index contributed by atoms with van der Waals surface area (Å²) in [6.45, 7) is 4.98. The number of nitrogens with one attached hydrogen (secondary N) is 1. The molecule has 3 rings (SSSR count). The zero-order valence-electron chi connectivity index (χ0n) is 10.4. The summed E-state index contributed by atoms with van der Waals surface area (Å²) in [4.78, 5) is 2.72. The van der Waals surface area contributed by atoms with Crippen LogP contribution in [0.15, 0.2) is 30.3 Å². The average molecular weight is 230 g/mol. The smallest absolute Gasteiger partial charge is 0.0120 e. The van der Waals surface area contributed by atoms with Crippen LogP contribution in [0.25, 0.3) is 0 Å². The Morgan fingerprint density at radius 2 is 1.76 bits per heavy atom. The lowest BCUT2D eigenvalue weighted by molar-refractivity contribution is 0.196. The van der Waals surface area contributed by atoms with E-state index in [0.717, 1.165) is 12.0 Å². The zero-order chi connectivity index (χ0) is 11.5. The van der Waals surface area contributed by atoms with Crippen LogP contribution in [0.3, 0.4) is 0 Å². The van der Waals surface area contributed by atoms with Gasteiger partial charge in [0.15, 0.2) is 0 Å². The molecule has 1 atom stereocenters. The largest absolute Gasteiger partial charge is 0.317 e. The van der Waals surface area contributed by atoms with Gasteiger partial charge in [-0.3, -0.25) is 4.90 Å². The fourth-order valence-corrected chi connectivity index (χ4v) is 3.29. The molecule has 2 heteroatoms. The third kappa shape index (κ3) is 2.53. The van der Waals surface area contributed by atoms with Gasteiger partial charge in [0.2, 0.25) is 0 Å². The van der Waals surface area contributed by atoms with Gasteiger partial charge in [-0.1, -0.05) is 30.3 Å². The number of hydrogen-bond donors (Lipinski definition) is 1. The van der Waals surface area contributed by atoms with Crippen molar-refractivity contribution in [3.63, 3.8) is 0 Å². The van der Waals surface area contributed by atoms with Gasteiger partial charge in [-0.05, 0) is 50.4 Å². The Hall–Kier alpha value is -0.860. The van der Waals surface area contributed by atoms with E-state index in [0.29, 0.717) is 0 Å². The first-order valence-electron chi connectivity index (χ1n) is 6.93. The standard InChI is InChI=1S/C15H22N2/c1-2-4-13(5-3-1)14-8-11-17(12-14)15-6-9-16-10-7-15/h1-5,14-16H,6-12H2. The van der Waals surface area contributed by atoms with Crippen LogP contribution in [-0.2, 0) is 0 Å². The maximum absolute atomic E-state index is 3.45. The van der Waals surface area contributed by atoms with E-state index < -0.39 is 0 Å². The second-order valence-corrected chi connectivity index (χ2v) is 5.37. The number of nitrogens with zero attached hydrogens (tertiary/aromatic N) is 1. The number of rotatable bonds is 2. The minimum atomic E-state index is 0.770. The first-order valence-corrected chi connectivity index (χ1v) is 6.93. The van der Waals surface area contributed by atoms with Crippen molar-refractivity contribution in [3.8, 4) is 0 Å². The molecule has 0 amide bonds. The van der Waals surface area contributed by atoms with E-state index >= 15 is 0 Å². The summed E-state index contributed by atoms with van der Waals surface area (Å²) >= 11 is 0. The van der Waals surface area contributed by atoms with Gasteiger partial charge in [-0.15, -0.1) is 0 Å². The molecular formula is C15H22N2. The molecule has 2 saturated heterocycles. The number of hydrogen-bond acceptors (Lipinski definition) is 2. The lowest BCUT2D eigenvalue weighted by Gasteiger charge is -2.31. The van der Waals surface area contributed by atoms with Gasteiger partial charge in [0, 0.05) is 12.6 Å². The highest BCUT2D eigenvalue weighted by Gasteiger charge is 2.29. The molecule has 0 bridgehead atoms. The van der Waals surface area contributed by atoms with E-state index in [2.05, 4.69) is 40.5 Å². The van der Waals surface area contributed by atoms with Gasteiger partial charge in [0.25, 0.3) is 0 Å². The molecule has 1 unspecified atom stereocenters. The minimum Gasteiger partial charge on any atom is -0.317 e. The highest BCUT2D eigenvalue weighted by atomic mass is 15.2. The molecule has 17 heavy (non-hydrogen) atoms. The summed E-state index contributed by atoms with van der Waals surface area (Å²) in [5, 5.41) is 3.45. The molecule has 92 valence electrons. The van der Waals surface area contributed by atoms with Gasteiger partial charge >= 0.3 is 0 Å². The van der Waals surface area contributed by atoms with Crippen molar-refractivity contribution in [2.75, 3.05) is 26.2 Å². The van der Waals surface area contributed by atoms with Crippen LogP contribution < -0.4 is 5.32 Å². The molecule has 1 aromatic rings. The van der Waals surface area contributed by atoms with E-state index in [1.807, 2.05) is 0 Å². The second-order valence-electron chi connectivity index (χ2n) is 5.37. The van der Waals surface area contributed by atoms with Gasteiger partial charge in [0.05, 0.1) is 0 Å². The Labute approximate surface area is 104 Å². The predicted molar refractivity (Wildman–Crippen MR) is 71.3 cm³/mol. The van der Waals surface area contributed by atoms with E-state index in [-0.39, 0.29) is 0 Å². The van der Waals surface area contributed by atoms with E-state index in [1.54, 1.807) is 0 Å².